The highest BCUT2D eigenvalue weighted by molar-refractivity contribution is 7.25. The molecule has 0 N–H and O–H groups in total. The SMILES string of the molecule is c1ccc(-c2ccc3oc4cc5c(cc4c3c2)oc2ccc(-c3ccc(-c4ccc(-c6ccc7oc8cc9c(cc8c7c6)oc6ccc(-c7ccccc7)cc69)s4)s3)cc25)cc1. The van der Waals surface area contributed by atoms with E-state index in [1.54, 1.807) is 0 Å². The lowest BCUT2D eigenvalue weighted by Gasteiger charge is -2.01. The highest BCUT2D eigenvalue weighted by Crippen LogP contribution is 2.45. The van der Waals surface area contributed by atoms with E-state index in [1.165, 1.54) is 30.6 Å². The summed E-state index contributed by atoms with van der Waals surface area (Å²) < 4.78 is 25.7. The highest BCUT2D eigenvalue weighted by atomic mass is 32.1. The van der Waals surface area contributed by atoms with Crippen molar-refractivity contribution in [1.82, 2.24) is 0 Å². The van der Waals surface area contributed by atoms with Crippen molar-refractivity contribution in [2.75, 3.05) is 0 Å². The standard InChI is InChI=1S/C56H30O4S2/c1-3-7-31(8-4-1)33-11-15-45-37(23-33)41-27-51-43(29-49(41)57-45)39-25-35(13-17-47(39)59-51)53-19-21-55(61-53)56-22-20-54(62-56)36-14-18-48-40(26-36)44-30-50-42(28-52(44)60-48)38-24-34(12-16-46(38)58-50)32-9-5-2-6-10-32/h1-30H. The second-order valence-electron chi connectivity index (χ2n) is 16.0. The first-order valence-electron chi connectivity index (χ1n) is 20.6. The second-order valence-corrected chi connectivity index (χ2v) is 18.2. The summed E-state index contributed by atoms with van der Waals surface area (Å²) in [5, 5.41) is 8.57. The van der Waals surface area contributed by atoms with Crippen LogP contribution in [0, 0.1) is 0 Å². The molecule has 6 heteroatoms. The average Bonchev–Trinajstić information content (AvgIpc) is 4.19. The summed E-state index contributed by atoms with van der Waals surface area (Å²) in [5.74, 6) is 0. The fraction of sp³-hybridized carbons (Fsp3) is 0. The van der Waals surface area contributed by atoms with Gasteiger partial charge in [-0.25, -0.2) is 0 Å². The van der Waals surface area contributed by atoms with Gasteiger partial charge >= 0.3 is 0 Å². The van der Waals surface area contributed by atoms with E-state index in [4.69, 9.17) is 17.7 Å². The molecule has 0 atom stereocenters. The van der Waals surface area contributed by atoms with Crippen molar-refractivity contribution in [2.24, 2.45) is 0 Å². The molecule has 0 radical (unpaired) electrons. The van der Waals surface area contributed by atoms with Gasteiger partial charge in [-0.1, -0.05) is 72.8 Å². The Bertz CT molecular complexity index is 3830. The molecule has 0 aliphatic heterocycles. The third-order valence-electron chi connectivity index (χ3n) is 12.4. The minimum Gasteiger partial charge on any atom is -0.456 e. The zero-order valence-electron chi connectivity index (χ0n) is 32.8. The molecule has 0 unspecified atom stereocenters. The lowest BCUT2D eigenvalue weighted by Crippen LogP contribution is -1.76. The molecular weight excluding hydrogens is 801 g/mol. The minimum atomic E-state index is 0.859. The number of fused-ring (bicyclic) bond motifs is 12. The number of benzene rings is 8. The van der Waals surface area contributed by atoms with Crippen molar-refractivity contribution in [3.8, 4) is 52.9 Å². The van der Waals surface area contributed by atoms with E-state index in [-0.39, 0.29) is 0 Å². The van der Waals surface area contributed by atoms with Gasteiger partial charge < -0.3 is 17.7 Å². The smallest absolute Gasteiger partial charge is 0.136 e. The van der Waals surface area contributed by atoms with Crippen LogP contribution in [0.25, 0.3) is 141 Å². The van der Waals surface area contributed by atoms with Crippen LogP contribution in [0.2, 0.25) is 0 Å². The van der Waals surface area contributed by atoms with Crippen LogP contribution < -0.4 is 0 Å². The zero-order valence-corrected chi connectivity index (χ0v) is 34.4. The summed E-state index contributed by atoms with van der Waals surface area (Å²) in [6, 6.07) is 64.3. The van der Waals surface area contributed by atoms with Crippen LogP contribution in [0.3, 0.4) is 0 Å². The summed E-state index contributed by atoms with van der Waals surface area (Å²) in [5.41, 5.74) is 13.9. The van der Waals surface area contributed by atoms with Crippen LogP contribution in [0.5, 0.6) is 0 Å². The first-order chi connectivity index (χ1) is 30.6. The molecule has 0 saturated carbocycles. The maximum absolute atomic E-state index is 6.45. The second kappa shape index (κ2) is 12.9. The summed E-state index contributed by atoms with van der Waals surface area (Å²) in [4.78, 5) is 4.91. The topological polar surface area (TPSA) is 52.6 Å². The van der Waals surface area contributed by atoms with Crippen LogP contribution in [-0.2, 0) is 0 Å². The van der Waals surface area contributed by atoms with E-state index in [0.29, 0.717) is 0 Å². The number of hydrogen-bond acceptors (Lipinski definition) is 6. The predicted octanol–water partition coefficient (Wildman–Crippen LogP) is 17.7. The summed E-state index contributed by atoms with van der Waals surface area (Å²) in [6.45, 7) is 0. The Morgan fingerprint density at radius 1 is 0.210 bits per heavy atom. The Balaban J connectivity index is 0.777. The molecule has 6 aromatic heterocycles. The van der Waals surface area contributed by atoms with E-state index in [0.717, 1.165) is 110 Å². The van der Waals surface area contributed by atoms with E-state index in [2.05, 4.69) is 170 Å². The number of hydrogen-bond donors (Lipinski definition) is 0. The fourth-order valence-corrected chi connectivity index (χ4v) is 11.4. The Labute approximate surface area is 361 Å². The van der Waals surface area contributed by atoms with Crippen molar-refractivity contribution in [3.05, 3.63) is 182 Å². The Hall–Kier alpha value is -7.64. The van der Waals surface area contributed by atoms with E-state index < -0.39 is 0 Å². The molecule has 4 nitrogen and oxygen atoms in total. The van der Waals surface area contributed by atoms with Gasteiger partial charge in [0.15, 0.2) is 0 Å². The first kappa shape index (κ1) is 34.1. The van der Waals surface area contributed by atoms with E-state index >= 15 is 0 Å². The minimum absolute atomic E-state index is 0.859. The molecule has 0 amide bonds. The average molecular weight is 831 g/mol. The van der Waals surface area contributed by atoms with Gasteiger partial charge in [0, 0.05) is 62.6 Å². The lowest BCUT2D eigenvalue weighted by molar-refractivity contribution is 0.664. The molecule has 0 aliphatic carbocycles. The Morgan fingerprint density at radius 2 is 0.500 bits per heavy atom. The van der Waals surface area contributed by atoms with Gasteiger partial charge in [0.25, 0.3) is 0 Å². The number of furan rings is 4. The molecule has 0 aliphatic rings. The van der Waals surface area contributed by atoms with Crippen molar-refractivity contribution in [3.63, 3.8) is 0 Å². The molecule has 0 fully saturated rings. The normalized spacial score (nSPS) is 12.2. The predicted molar refractivity (Wildman–Crippen MR) is 258 cm³/mol. The van der Waals surface area contributed by atoms with Crippen molar-refractivity contribution in [2.45, 2.75) is 0 Å². The molecular formula is C56H30O4S2. The molecule has 0 bridgehead atoms. The van der Waals surface area contributed by atoms with E-state index in [9.17, 15) is 0 Å². The van der Waals surface area contributed by atoms with Crippen molar-refractivity contribution < 1.29 is 17.7 Å². The fourth-order valence-electron chi connectivity index (χ4n) is 9.27. The molecule has 14 rings (SSSR count). The Morgan fingerprint density at radius 3 is 0.855 bits per heavy atom. The summed E-state index contributed by atoms with van der Waals surface area (Å²) in [7, 11) is 0. The number of thiophene rings is 2. The van der Waals surface area contributed by atoms with Gasteiger partial charge in [-0.3, -0.25) is 0 Å². The van der Waals surface area contributed by atoms with Crippen molar-refractivity contribution in [1.29, 1.82) is 0 Å². The Kier molecular flexibility index (Phi) is 7.11. The summed E-state index contributed by atoms with van der Waals surface area (Å²) >= 11 is 3.63. The highest BCUT2D eigenvalue weighted by Gasteiger charge is 2.18. The van der Waals surface area contributed by atoms with Crippen LogP contribution in [-0.4, -0.2) is 0 Å². The molecule has 8 aromatic carbocycles. The molecule has 62 heavy (non-hydrogen) atoms. The largest absolute Gasteiger partial charge is 0.456 e. The molecule has 6 heterocycles. The monoisotopic (exact) mass is 830 g/mol. The van der Waals surface area contributed by atoms with Gasteiger partial charge in [-0.15, -0.1) is 22.7 Å². The third kappa shape index (κ3) is 5.24. The number of rotatable bonds is 5. The molecule has 14 aromatic rings. The van der Waals surface area contributed by atoms with Crippen LogP contribution in [0.1, 0.15) is 0 Å². The van der Waals surface area contributed by atoms with Crippen LogP contribution in [0.15, 0.2) is 200 Å². The molecule has 0 saturated heterocycles. The van der Waals surface area contributed by atoms with Crippen molar-refractivity contribution >= 4 is 110 Å². The van der Waals surface area contributed by atoms with Gasteiger partial charge in [0.1, 0.15) is 44.7 Å². The maximum Gasteiger partial charge on any atom is 0.136 e. The first-order valence-corrected chi connectivity index (χ1v) is 22.2. The third-order valence-corrected chi connectivity index (χ3v) is 14.8. The van der Waals surface area contributed by atoms with Gasteiger partial charge in [0.2, 0.25) is 0 Å². The van der Waals surface area contributed by atoms with Gasteiger partial charge in [0.05, 0.1) is 0 Å². The van der Waals surface area contributed by atoms with Crippen LogP contribution in [0.4, 0.5) is 0 Å². The quantitative estimate of drug-likeness (QED) is 0.173. The lowest BCUT2D eigenvalue weighted by atomic mass is 10.0. The summed E-state index contributed by atoms with van der Waals surface area (Å²) in [6.07, 6.45) is 0. The van der Waals surface area contributed by atoms with Gasteiger partial charge in [-0.05, 0) is 143 Å². The molecule has 0 spiro atoms. The zero-order chi connectivity index (χ0) is 40.5. The van der Waals surface area contributed by atoms with E-state index in [1.807, 2.05) is 34.8 Å². The van der Waals surface area contributed by atoms with Gasteiger partial charge in [-0.2, -0.15) is 0 Å². The maximum atomic E-state index is 6.45. The molecule has 290 valence electrons. The van der Waals surface area contributed by atoms with Crippen LogP contribution >= 0.6 is 22.7 Å².